The molecule has 9 heteroatoms. The summed E-state index contributed by atoms with van der Waals surface area (Å²) >= 11 is 0. The van der Waals surface area contributed by atoms with Crippen LogP contribution in [0.3, 0.4) is 0 Å². The maximum Gasteiger partial charge on any atom is 0.275 e. The predicted molar refractivity (Wildman–Crippen MR) is 81.4 cm³/mol. The molecule has 0 aliphatic heterocycles. The number of sulfonamides is 1. The summed E-state index contributed by atoms with van der Waals surface area (Å²) in [5, 5.41) is 0. The molecule has 0 unspecified atom stereocenters. The maximum atomic E-state index is 12.8. The van der Waals surface area contributed by atoms with Crippen molar-refractivity contribution in [3.63, 3.8) is 0 Å². The second-order valence-electron chi connectivity index (χ2n) is 4.76. The van der Waals surface area contributed by atoms with Crippen molar-refractivity contribution in [2.45, 2.75) is 17.9 Å². The lowest BCUT2D eigenvalue weighted by atomic mass is 10.3. The van der Waals surface area contributed by atoms with Crippen molar-refractivity contribution in [3.05, 3.63) is 60.2 Å². The van der Waals surface area contributed by atoms with Gasteiger partial charge in [-0.05, 0) is 55.5 Å². The van der Waals surface area contributed by atoms with Gasteiger partial charge < -0.3 is 4.74 Å². The molecular formula is C15H14F2N2O4S. The number of hydrogen-bond acceptors (Lipinski definition) is 4. The second kappa shape index (κ2) is 7.37. The van der Waals surface area contributed by atoms with Gasteiger partial charge in [0.05, 0.1) is 4.90 Å². The molecule has 2 aromatic carbocycles. The Morgan fingerprint density at radius 2 is 1.50 bits per heavy atom. The Balaban J connectivity index is 1.94. The summed E-state index contributed by atoms with van der Waals surface area (Å²) in [5.41, 5.74) is 2.00. The number of rotatable bonds is 6. The van der Waals surface area contributed by atoms with Gasteiger partial charge in [0.2, 0.25) is 0 Å². The molecule has 0 aliphatic carbocycles. The van der Waals surface area contributed by atoms with Gasteiger partial charge in [0.25, 0.3) is 15.9 Å². The Morgan fingerprint density at radius 3 is 2.04 bits per heavy atom. The molecule has 2 aromatic rings. The zero-order valence-corrected chi connectivity index (χ0v) is 13.3. The zero-order chi connectivity index (χ0) is 17.7. The summed E-state index contributed by atoms with van der Waals surface area (Å²) in [4.78, 5) is 13.5. The first-order valence-electron chi connectivity index (χ1n) is 6.77. The monoisotopic (exact) mass is 356 g/mol. The van der Waals surface area contributed by atoms with Gasteiger partial charge in [-0.3, -0.25) is 10.2 Å². The molecule has 2 rings (SSSR count). The lowest BCUT2D eigenvalue weighted by molar-refractivity contribution is -0.127. The topological polar surface area (TPSA) is 84.5 Å². The third-order valence-electron chi connectivity index (χ3n) is 2.93. The van der Waals surface area contributed by atoms with Crippen LogP contribution >= 0.6 is 0 Å². The molecule has 1 amide bonds. The van der Waals surface area contributed by atoms with E-state index in [2.05, 4.69) is 0 Å². The molecule has 0 bridgehead atoms. The number of halogens is 2. The first kappa shape index (κ1) is 17.8. The number of hydrazine groups is 1. The molecule has 0 saturated heterocycles. The van der Waals surface area contributed by atoms with Crippen LogP contribution in [0.1, 0.15) is 6.92 Å². The Morgan fingerprint density at radius 1 is 1.00 bits per heavy atom. The Kier molecular flexibility index (Phi) is 5.47. The summed E-state index contributed by atoms with van der Waals surface area (Å²) < 4.78 is 54.7. The van der Waals surface area contributed by atoms with Crippen molar-refractivity contribution in [1.82, 2.24) is 10.3 Å². The van der Waals surface area contributed by atoms with Crippen molar-refractivity contribution in [1.29, 1.82) is 0 Å². The van der Waals surface area contributed by atoms with Crippen LogP contribution in [0.4, 0.5) is 8.78 Å². The highest BCUT2D eigenvalue weighted by molar-refractivity contribution is 7.89. The summed E-state index contributed by atoms with van der Waals surface area (Å²) in [5.74, 6) is -1.55. The highest BCUT2D eigenvalue weighted by Crippen LogP contribution is 2.13. The van der Waals surface area contributed by atoms with E-state index in [0.717, 1.165) is 36.4 Å². The smallest absolute Gasteiger partial charge is 0.275 e. The largest absolute Gasteiger partial charge is 0.481 e. The third kappa shape index (κ3) is 4.74. The lowest BCUT2D eigenvalue weighted by Crippen LogP contribution is -2.47. The summed E-state index contributed by atoms with van der Waals surface area (Å²) in [6.45, 7) is 1.39. The van der Waals surface area contributed by atoms with E-state index in [4.69, 9.17) is 4.74 Å². The Labute approximate surface area is 137 Å². The van der Waals surface area contributed by atoms with E-state index in [9.17, 15) is 22.0 Å². The zero-order valence-electron chi connectivity index (χ0n) is 12.5. The normalized spacial score (nSPS) is 12.5. The van der Waals surface area contributed by atoms with Gasteiger partial charge >= 0.3 is 0 Å². The quantitative estimate of drug-likeness (QED) is 0.772. The molecule has 0 aromatic heterocycles. The molecule has 0 fully saturated rings. The fourth-order valence-electron chi connectivity index (χ4n) is 1.66. The Bertz CT molecular complexity index is 808. The first-order chi connectivity index (χ1) is 11.3. The molecule has 0 saturated carbocycles. The minimum atomic E-state index is -4.04. The minimum absolute atomic E-state index is 0.212. The van der Waals surface area contributed by atoms with Crippen molar-refractivity contribution in [2.75, 3.05) is 0 Å². The van der Waals surface area contributed by atoms with Crippen LogP contribution in [0, 0.1) is 11.6 Å². The van der Waals surface area contributed by atoms with E-state index in [1.54, 1.807) is 0 Å². The van der Waals surface area contributed by atoms with Gasteiger partial charge in [-0.2, -0.15) is 0 Å². The molecule has 0 radical (unpaired) electrons. The van der Waals surface area contributed by atoms with E-state index in [0.29, 0.717) is 0 Å². The second-order valence-corrected chi connectivity index (χ2v) is 6.45. The molecule has 0 spiro atoms. The highest BCUT2D eigenvalue weighted by Gasteiger charge is 2.19. The number of ether oxygens (including phenoxy) is 1. The molecular weight excluding hydrogens is 342 g/mol. The van der Waals surface area contributed by atoms with E-state index in [-0.39, 0.29) is 10.6 Å². The van der Waals surface area contributed by atoms with Crippen LogP contribution in [-0.4, -0.2) is 20.4 Å². The number of amides is 1. The van der Waals surface area contributed by atoms with Gasteiger partial charge in [0.15, 0.2) is 6.10 Å². The van der Waals surface area contributed by atoms with Gasteiger partial charge in [-0.25, -0.2) is 17.2 Å². The number of carbonyl (C=O) groups is 1. The standard InChI is InChI=1S/C15H14F2N2O4S/c1-10(23-13-6-2-11(16)3-7-13)15(20)18-19-24(21,22)14-8-4-12(17)5-9-14/h2-10,19H,1H3,(H,18,20)/t10-/m1/s1. The average Bonchev–Trinajstić information content (AvgIpc) is 2.55. The van der Waals surface area contributed by atoms with Crippen LogP contribution in [-0.2, 0) is 14.8 Å². The molecule has 0 aliphatic rings. The van der Waals surface area contributed by atoms with E-state index in [1.165, 1.54) is 19.1 Å². The molecule has 2 N–H and O–H groups in total. The average molecular weight is 356 g/mol. The van der Waals surface area contributed by atoms with Crippen LogP contribution in [0.5, 0.6) is 5.75 Å². The SMILES string of the molecule is C[C@@H](Oc1ccc(F)cc1)C(=O)NNS(=O)(=O)c1ccc(F)cc1. The van der Waals surface area contributed by atoms with Gasteiger partial charge in [-0.15, -0.1) is 4.83 Å². The molecule has 128 valence electrons. The molecule has 24 heavy (non-hydrogen) atoms. The molecule has 0 heterocycles. The summed E-state index contributed by atoms with van der Waals surface area (Å²) in [7, 11) is -4.04. The third-order valence-corrected chi connectivity index (χ3v) is 4.19. The fourth-order valence-corrected chi connectivity index (χ4v) is 2.51. The minimum Gasteiger partial charge on any atom is -0.481 e. The van der Waals surface area contributed by atoms with Crippen molar-refractivity contribution < 1.29 is 26.7 Å². The number of carbonyl (C=O) groups excluding carboxylic acids is 1. The van der Waals surface area contributed by atoms with Crippen LogP contribution in [0.25, 0.3) is 0 Å². The van der Waals surface area contributed by atoms with Gasteiger partial charge in [0, 0.05) is 0 Å². The van der Waals surface area contributed by atoms with Crippen molar-refractivity contribution in [3.8, 4) is 5.75 Å². The van der Waals surface area contributed by atoms with Crippen LogP contribution in [0.15, 0.2) is 53.4 Å². The molecule has 6 nitrogen and oxygen atoms in total. The lowest BCUT2D eigenvalue weighted by Gasteiger charge is -2.15. The van der Waals surface area contributed by atoms with Crippen molar-refractivity contribution in [2.24, 2.45) is 0 Å². The first-order valence-corrected chi connectivity index (χ1v) is 8.26. The van der Waals surface area contributed by atoms with E-state index >= 15 is 0 Å². The summed E-state index contributed by atoms with van der Waals surface area (Å²) in [6, 6.07) is 9.08. The van der Waals surface area contributed by atoms with E-state index in [1.807, 2.05) is 10.3 Å². The summed E-state index contributed by atoms with van der Waals surface area (Å²) in [6.07, 6.45) is -1.04. The van der Waals surface area contributed by atoms with Crippen LogP contribution < -0.4 is 15.0 Å². The number of benzene rings is 2. The van der Waals surface area contributed by atoms with Gasteiger partial charge in [0.1, 0.15) is 17.4 Å². The molecule has 1 atom stereocenters. The maximum absolute atomic E-state index is 12.8. The predicted octanol–water partition coefficient (Wildman–Crippen LogP) is 1.74. The number of nitrogens with one attached hydrogen (secondary N) is 2. The Hall–Kier alpha value is -2.52. The fraction of sp³-hybridized carbons (Fsp3) is 0.133. The highest BCUT2D eigenvalue weighted by atomic mass is 32.2. The van der Waals surface area contributed by atoms with Crippen LogP contribution in [0.2, 0.25) is 0 Å². The van der Waals surface area contributed by atoms with Gasteiger partial charge in [-0.1, -0.05) is 0 Å². The number of hydrogen-bond donors (Lipinski definition) is 2. The van der Waals surface area contributed by atoms with E-state index < -0.39 is 33.7 Å². The van der Waals surface area contributed by atoms with Crippen molar-refractivity contribution >= 4 is 15.9 Å².